The first-order chi connectivity index (χ1) is 10.2. The molecule has 1 aliphatic rings. The second kappa shape index (κ2) is 8.07. The van der Waals surface area contributed by atoms with Gasteiger partial charge in [-0.05, 0) is 13.0 Å². The van der Waals surface area contributed by atoms with Gasteiger partial charge in [-0.3, -0.25) is 0 Å². The molecule has 1 heterocycles. The predicted octanol–water partition coefficient (Wildman–Crippen LogP) is 1.56. The first-order valence-corrected chi connectivity index (χ1v) is 7.02. The lowest BCUT2D eigenvalue weighted by molar-refractivity contribution is 0.0711. The number of rotatable bonds is 9. The van der Waals surface area contributed by atoms with Gasteiger partial charge in [0.1, 0.15) is 12.4 Å². The van der Waals surface area contributed by atoms with Crippen molar-refractivity contribution in [2.24, 2.45) is 0 Å². The molecule has 0 amide bonds. The Morgan fingerprint density at radius 1 is 1.24 bits per heavy atom. The van der Waals surface area contributed by atoms with Crippen molar-refractivity contribution >= 4 is 0 Å². The van der Waals surface area contributed by atoms with Crippen LogP contribution in [0.15, 0.2) is 12.1 Å². The number of methoxy groups -OCH3 is 2. The van der Waals surface area contributed by atoms with E-state index in [2.05, 4.69) is 5.32 Å². The summed E-state index contributed by atoms with van der Waals surface area (Å²) < 4.78 is 26.9. The highest BCUT2D eigenvalue weighted by Crippen LogP contribution is 2.38. The summed E-state index contributed by atoms with van der Waals surface area (Å²) in [6, 6.07) is 3.83. The quantitative estimate of drug-likeness (QED) is 0.698. The van der Waals surface area contributed by atoms with Crippen molar-refractivity contribution < 1.29 is 23.7 Å². The highest BCUT2D eigenvalue weighted by molar-refractivity contribution is 5.51. The van der Waals surface area contributed by atoms with E-state index in [-0.39, 0.29) is 12.9 Å². The molecule has 21 heavy (non-hydrogen) atoms. The van der Waals surface area contributed by atoms with Crippen molar-refractivity contribution in [3.8, 4) is 17.2 Å². The molecule has 2 rings (SSSR count). The van der Waals surface area contributed by atoms with E-state index < -0.39 is 0 Å². The smallest absolute Gasteiger partial charge is 0.231 e. The molecule has 0 saturated heterocycles. The molecule has 1 aromatic carbocycles. The molecule has 1 aliphatic heterocycles. The molecule has 118 valence electrons. The Hall–Kier alpha value is -1.50. The van der Waals surface area contributed by atoms with Crippen LogP contribution >= 0.6 is 0 Å². The average Bonchev–Trinajstić information content (AvgIpc) is 2.95. The van der Waals surface area contributed by atoms with Crippen molar-refractivity contribution in [3.05, 3.63) is 17.7 Å². The SMILES string of the molecule is COCCNCc1cc2c(cc1OCC(C)OC)OCO2. The summed E-state index contributed by atoms with van der Waals surface area (Å²) in [5.74, 6) is 2.26. The van der Waals surface area contributed by atoms with Gasteiger partial charge in [0.25, 0.3) is 0 Å². The third-order valence-corrected chi connectivity index (χ3v) is 3.23. The van der Waals surface area contributed by atoms with Crippen LogP contribution in [0.1, 0.15) is 12.5 Å². The van der Waals surface area contributed by atoms with Gasteiger partial charge in [0.2, 0.25) is 6.79 Å². The summed E-state index contributed by atoms with van der Waals surface area (Å²) in [6.45, 7) is 4.82. The maximum atomic E-state index is 5.84. The van der Waals surface area contributed by atoms with Gasteiger partial charge in [0.15, 0.2) is 11.5 Å². The van der Waals surface area contributed by atoms with Crippen molar-refractivity contribution in [3.63, 3.8) is 0 Å². The Bertz CT molecular complexity index is 452. The Labute approximate surface area is 125 Å². The van der Waals surface area contributed by atoms with Crippen LogP contribution in [-0.2, 0) is 16.0 Å². The number of benzene rings is 1. The Morgan fingerprint density at radius 3 is 2.71 bits per heavy atom. The molecule has 6 nitrogen and oxygen atoms in total. The van der Waals surface area contributed by atoms with E-state index in [9.17, 15) is 0 Å². The fourth-order valence-electron chi connectivity index (χ4n) is 1.91. The molecule has 1 atom stereocenters. The average molecular weight is 297 g/mol. The lowest BCUT2D eigenvalue weighted by Crippen LogP contribution is -2.20. The van der Waals surface area contributed by atoms with Crippen LogP contribution in [0.3, 0.4) is 0 Å². The van der Waals surface area contributed by atoms with E-state index in [4.69, 9.17) is 23.7 Å². The fourth-order valence-corrected chi connectivity index (χ4v) is 1.91. The van der Waals surface area contributed by atoms with Crippen molar-refractivity contribution in [2.75, 3.05) is 40.8 Å². The van der Waals surface area contributed by atoms with E-state index in [0.29, 0.717) is 19.8 Å². The highest BCUT2D eigenvalue weighted by atomic mass is 16.7. The van der Waals surface area contributed by atoms with Gasteiger partial charge in [0, 0.05) is 38.9 Å². The van der Waals surface area contributed by atoms with Crippen LogP contribution in [-0.4, -0.2) is 46.9 Å². The van der Waals surface area contributed by atoms with Crippen LogP contribution in [0, 0.1) is 0 Å². The number of nitrogens with one attached hydrogen (secondary N) is 1. The largest absolute Gasteiger partial charge is 0.490 e. The zero-order chi connectivity index (χ0) is 15.1. The van der Waals surface area contributed by atoms with E-state index in [1.807, 2.05) is 19.1 Å². The lowest BCUT2D eigenvalue weighted by Gasteiger charge is -2.16. The normalized spacial score (nSPS) is 14.2. The maximum absolute atomic E-state index is 5.84. The summed E-state index contributed by atoms with van der Waals surface area (Å²) in [7, 11) is 3.35. The van der Waals surface area contributed by atoms with Gasteiger partial charge in [-0.15, -0.1) is 0 Å². The van der Waals surface area contributed by atoms with Crippen molar-refractivity contribution in [1.29, 1.82) is 0 Å². The summed E-state index contributed by atoms with van der Waals surface area (Å²) in [4.78, 5) is 0. The monoisotopic (exact) mass is 297 g/mol. The minimum absolute atomic E-state index is 0.0322. The molecule has 1 unspecified atom stereocenters. The molecule has 0 aliphatic carbocycles. The Balaban J connectivity index is 2.04. The zero-order valence-corrected chi connectivity index (χ0v) is 12.8. The Kier molecular flexibility index (Phi) is 6.10. The second-order valence-corrected chi connectivity index (χ2v) is 4.84. The summed E-state index contributed by atoms with van der Waals surface area (Å²) in [6.07, 6.45) is 0.0322. The molecule has 0 fully saturated rings. The van der Waals surface area contributed by atoms with E-state index in [0.717, 1.165) is 29.4 Å². The molecule has 1 aromatic rings. The van der Waals surface area contributed by atoms with Gasteiger partial charge < -0.3 is 29.0 Å². The van der Waals surface area contributed by atoms with Crippen LogP contribution < -0.4 is 19.5 Å². The van der Waals surface area contributed by atoms with Gasteiger partial charge in [-0.2, -0.15) is 0 Å². The van der Waals surface area contributed by atoms with Crippen LogP contribution in [0.4, 0.5) is 0 Å². The molecule has 0 aromatic heterocycles. The van der Waals surface area contributed by atoms with Gasteiger partial charge in [-0.25, -0.2) is 0 Å². The van der Waals surface area contributed by atoms with Crippen molar-refractivity contribution in [2.45, 2.75) is 19.6 Å². The van der Waals surface area contributed by atoms with E-state index in [1.54, 1.807) is 14.2 Å². The maximum Gasteiger partial charge on any atom is 0.231 e. The molecular formula is C15H23NO5. The molecule has 0 radical (unpaired) electrons. The number of ether oxygens (including phenoxy) is 5. The van der Waals surface area contributed by atoms with Crippen LogP contribution in [0.2, 0.25) is 0 Å². The number of fused-ring (bicyclic) bond motifs is 1. The van der Waals surface area contributed by atoms with E-state index >= 15 is 0 Å². The van der Waals surface area contributed by atoms with Crippen LogP contribution in [0.5, 0.6) is 17.2 Å². The Morgan fingerprint density at radius 2 is 2.00 bits per heavy atom. The molecule has 0 saturated carbocycles. The third kappa shape index (κ3) is 4.49. The van der Waals surface area contributed by atoms with Gasteiger partial charge >= 0.3 is 0 Å². The fraction of sp³-hybridized carbons (Fsp3) is 0.600. The van der Waals surface area contributed by atoms with Crippen molar-refractivity contribution in [1.82, 2.24) is 5.32 Å². The zero-order valence-electron chi connectivity index (χ0n) is 12.8. The first-order valence-electron chi connectivity index (χ1n) is 7.02. The standard InChI is InChI=1S/C15H23NO5/c1-11(18-3)9-19-13-7-15-14(20-10-21-15)6-12(13)8-16-4-5-17-2/h6-7,11,16H,4-5,8-10H2,1-3H3. The topological polar surface area (TPSA) is 58.2 Å². The highest BCUT2D eigenvalue weighted by Gasteiger charge is 2.18. The first kappa shape index (κ1) is 15.9. The van der Waals surface area contributed by atoms with Crippen LogP contribution in [0.25, 0.3) is 0 Å². The molecule has 1 N–H and O–H groups in total. The number of hydrogen-bond acceptors (Lipinski definition) is 6. The van der Waals surface area contributed by atoms with Gasteiger partial charge in [-0.1, -0.05) is 0 Å². The minimum atomic E-state index is 0.0322. The minimum Gasteiger partial charge on any atom is -0.490 e. The molecular weight excluding hydrogens is 274 g/mol. The third-order valence-electron chi connectivity index (χ3n) is 3.23. The molecule has 6 heteroatoms. The predicted molar refractivity (Wildman–Crippen MR) is 78.1 cm³/mol. The summed E-state index contributed by atoms with van der Waals surface area (Å²) >= 11 is 0. The second-order valence-electron chi connectivity index (χ2n) is 4.84. The molecule has 0 spiro atoms. The summed E-state index contributed by atoms with van der Waals surface area (Å²) in [5, 5.41) is 3.30. The molecule has 0 bridgehead atoms. The van der Waals surface area contributed by atoms with E-state index in [1.165, 1.54) is 0 Å². The lowest BCUT2D eigenvalue weighted by atomic mass is 10.1. The number of hydrogen-bond donors (Lipinski definition) is 1. The van der Waals surface area contributed by atoms with Gasteiger partial charge in [0.05, 0.1) is 12.7 Å². The summed E-state index contributed by atoms with van der Waals surface area (Å²) in [5.41, 5.74) is 1.03.